The zero-order chi connectivity index (χ0) is 19.1. The van der Waals surface area contributed by atoms with Crippen molar-refractivity contribution in [3.63, 3.8) is 0 Å². The van der Waals surface area contributed by atoms with E-state index in [9.17, 15) is 9.65 Å². The minimum absolute atomic E-state index is 0.00322. The van der Waals surface area contributed by atoms with Crippen molar-refractivity contribution in [3.8, 4) is 11.8 Å². The zero-order valence-electron chi connectivity index (χ0n) is 13.5. The van der Waals surface area contributed by atoms with Crippen molar-refractivity contribution >= 4 is 34.7 Å². The Morgan fingerprint density at radius 1 is 1.42 bits per heavy atom. The normalized spacial score (nSPS) is 10.8. The lowest BCUT2D eigenvalue weighted by atomic mass is 10.1. The van der Waals surface area contributed by atoms with Gasteiger partial charge in [0.25, 0.3) is 0 Å². The topological polar surface area (TPSA) is 70.8 Å². The monoisotopic (exact) mass is 390 g/mol. The van der Waals surface area contributed by atoms with Crippen molar-refractivity contribution in [2.75, 3.05) is 11.9 Å². The highest BCUT2D eigenvalue weighted by Gasteiger charge is 2.13. The number of halogens is 3. The van der Waals surface area contributed by atoms with Gasteiger partial charge in [0.2, 0.25) is 5.28 Å². The van der Waals surface area contributed by atoms with Crippen LogP contribution >= 0.6 is 23.2 Å². The van der Waals surface area contributed by atoms with E-state index in [1.165, 1.54) is 18.3 Å². The lowest BCUT2D eigenvalue weighted by Crippen LogP contribution is -2.05. The van der Waals surface area contributed by atoms with E-state index < -0.39 is 5.83 Å². The second kappa shape index (κ2) is 8.99. The van der Waals surface area contributed by atoms with Gasteiger partial charge < -0.3 is 10.1 Å². The summed E-state index contributed by atoms with van der Waals surface area (Å²) in [4.78, 5) is 7.73. The molecule has 0 saturated heterocycles. The molecule has 0 atom stereocenters. The summed E-state index contributed by atoms with van der Waals surface area (Å²) in [7, 11) is 0. The number of ether oxygens (including phenoxy) is 1. The van der Waals surface area contributed by atoms with Crippen LogP contribution in [0.3, 0.4) is 0 Å². The van der Waals surface area contributed by atoms with Gasteiger partial charge in [-0.05, 0) is 23.7 Å². The Morgan fingerprint density at radius 3 is 2.85 bits per heavy atom. The molecule has 2 rings (SSSR count). The van der Waals surface area contributed by atoms with Crippen molar-refractivity contribution in [3.05, 3.63) is 77.0 Å². The Hall–Kier alpha value is -2.88. The first-order valence-electron chi connectivity index (χ1n) is 7.23. The molecule has 2 aromatic rings. The van der Waals surface area contributed by atoms with Gasteiger partial charge in [-0.2, -0.15) is 10.2 Å². The number of rotatable bonds is 7. The number of nitrogens with zero attached hydrogens (tertiary/aromatic N) is 3. The largest absolute Gasteiger partial charge is 0.487 e. The lowest BCUT2D eigenvalue weighted by molar-refractivity contribution is 0.348. The molecule has 0 aliphatic heterocycles. The minimum Gasteiger partial charge on any atom is -0.487 e. The van der Waals surface area contributed by atoms with Crippen molar-refractivity contribution in [1.82, 2.24) is 9.97 Å². The van der Waals surface area contributed by atoms with Crippen LogP contribution in [0.15, 0.2) is 61.1 Å². The maximum Gasteiger partial charge on any atom is 0.224 e. The predicted octanol–water partition coefficient (Wildman–Crippen LogP) is 5.37. The molecule has 0 saturated carbocycles. The fourth-order valence-electron chi connectivity index (χ4n) is 1.95. The van der Waals surface area contributed by atoms with Crippen LogP contribution in [0, 0.1) is 11.3 Å². The van der Waals surface area contributed by atoms with Crippen LogP contribution in [0.1, 0.15) is 5.56 Å². The first-order chi connectivity index (χ1) is 12.5. The number of hydrogen-bond donors (Lipinski definition) is 1. The standard InChI is InChI=1S/C18H13Cl2FN4O/c1-3-5-12(11(2)21)10-26-16-7-4-6-15(13(16)8-22)24-17-14(19)9-23-18(20)25-17/h3-7,9H,1-2,10H2,(H,23,24,25)/b12-5-. The van der Waals surface area contributed by atoms with E-state index in [0.29, 0.717) is 5.69 Å². The molecule has 132 valence electrons. The second-order valence-corrected chi connectivity index (χ2v) is 5.62. The molecular formula is C18H13Cl2FN4O. The summed E-state index contributed by atoms with van der Waals surface area (Å²) in [5.74, 6) is -0.144. The lowest BCUT2D eigenvalue weighted by Gasteiger charge is -2.13. The third-order valence-corrected chi connectivity index (χ3v) is 3.62. The van der Waals surface area contributed by atoms with Crippen LogP contribution in [-0.4, -0.2) is 16.6 Å². The Labute approximate surface area is 160 Å². The molecule has 0 unspecified atom stereocenters. The van der Waals surface area contributed by atoms with E-state index in [-0.39, 0.29) is 39.6 Å². The molecule has 1 aromatic heterocycles. The highest BCUT2D eigenvalue weighted by Crippen LogP contribution is 2.31. The van der Waals surface area contributed by atoms with Crippen LogP contribution in [0.2, 0.25) is 10.3 Å². The van der Waals surface area contributed by atoms with Gasteiger partial charge in [0.05, 0.1) is 11.9 Å². The number of nitriles is 1. The summed E-state index contributed by atoms with van der Waals surface area (Å²) < 4.78 is 18.9. The number of allylic oxidation sites excluding steroid dienone is 2. The average molecular weight is 391 g/mol. The minimum atomic E-state index is -0.639. The third kappa shape index (κ3) is 4.82. The average Bonchev–Trinajstić information content (AvgIpc) is 2.61. The van der Waals surface area contributed by atoms with Crippen molar-refractivity contribution < 1.29 is 9.13 Å². The van der Waals surface area contributed by atoms with Gasteiger partial charge in [-0.3, -0.25) is 0 Å². The van der Waals surface area contributed by atoms with E-state index in [1.807, 2.05) is 6.07 Å². The van der Waals surface area contributed by atoms with E-state index in [1.54, 1.807) is 18.2 Å². The molecule has 0 amide bonds. The highest BCUT2D eigenvalue weighted by atomic mass is 35.5. The molecule has 1 aromatic carbocycles. The number of anilines is 2. The van der Waals surface area contributed by atoms with E-state index in [4.69, 9.17) is 27.9 Å². The molecule has 0 fully saturated rings. The molecule has 0 spiro atoms. The van der Waals surface area contributed by atoms with E-state index in [2.05, 4.69) is 28.4 Å². The van der Waals surface area contributed by atoms with Gasteiger partial charge in [-0.15, -0.1) is 0 Å². The summed E-state index contributed by atoms with van der Waals surface area (Å²) in [6.07, 6.45) is 4.21. The van der Waals surface area contributed by atoms with Gasteiger partial charge in [-0.25, -0.2) is 9.37 Å². The molecule has 5 nitrogen and oxygen atoms in total. The molecule has 0 aliphatic rings. The van der Waals surface area contributed by atoms with Crippen molar-refractivity contribution in [2.45, 2.75) is 0 Å². The van der Waals surface area contributed by atoms with Crippen LogP contribution in [0.4, 0.5) is 15.9 Å². The Kier molecular flexibility index (Phi) is 6.73. The summed E-state index contributed by atoms with van der Waals surface area (Å²) in [6, 6.07) is 6.94. The number of nitrogens with one attached hydrogen (secondary N) is 1. The van der Waals surface area contributed by atoms with Crippen LogP contribution in [-0.2, 0) is 0 Å². The third-order valence-electron chi connectivity index (χ3n) is 3.16. The van der Waals surface area contributed by atoms with Gasteiger partial charge in [-0.1, -0.05) is 43.0 Å². The van der Waals surface area contributed by atoms with Gasteiger partial charge in [0.1, 0.15) is 34.8 Å². The Bertz CT molecular complexity index is 922. The summed E-state index contributed by atoms with van der Waals surface area (Å²) >= 11 is 11.8. The maximum absolute atomic E-state index is 13.4. The van der Waals surface area contributed by atoms with Gasteiger partial charge in [0.15, 0.2) is 5.82 Å². The van der Waals surface area contributed by atoms with E-state index >= 15 is 0 Å². The van der Waals surface area contributed by atoms with Gasteiger partial charge >= 0.3 is 0 Å². The second-order valence-electron chi connectivity index (χ2n) is 4.87. The fraction of sp³-hybridized carbons (Fsp3) is 0.0556. The molecule has 26 heavy (non-hydrogen) atoms. The molecule has 0 aliphatic carbocycles. The molecule has 1 heterocycles. The zero-order valence-corrected chi connectivity index (χ0v) is 15.0. The predicted molar refractivity (Wildman–Crippen MR) is 101 cm³/mol. The van der Waals surface area contributed by atoms with Crippen molar-refractivity contribution in [1.29, 1.82) is 5.26 Å². The molecule has 0 bridgehead atoms. The fourth-order valence-corrected chi connectivity index (χ4v) is 2.22. The highest BCUT2D eigenvalue weighted by molar-refractivity contribution is 6.33. The molecule has 0 radical (unpaired) electrons. The number of aromatic nitrogens is 2. The number of benzene rings is 1. The first kappa shape index (κ1) is 19.4. The SMILES string of the molecule is C=C/C=C(/COc1cccc(Nc2nc(Cl)ncc2Cl)c1C#N)C(=C)F. The van der Waals surface area contributed by atoms with Crippen molar-refractivity contribution in [2.24, 2.45) is 0 Å². The summed E-state index contributed by atoms with van der Waals surface area (Å²) in [5, 5.41) is 12.6. The Balaban J connectivity index is 2.31. The molecule has 8 heteroatoms. The molecule has 1 N–H and O–H groups in total. The number of hydrogen-bond acceptors (Lipinski definition) is 5. The van der Waals surface area contributed by atoms with Crippen LogP contribution in [0.5, 0.6) is 5.75 Å². The van der Waals surface area contributed by atoms with Crippen LogP contribution < -0.4 is 10.1 Å². The molecular weight excluding hydrogens is 378 g/mol. The quantitative estimate of drug-likeness (QED) is 0.507. The van der Waals surface area contributed by atoms with Gasteiger partial charge in [0, 0.05) is 5.57 Å². The van der Waals surface area contributed by atoms with E-state index in [0.717, 1.165) is 0 Å². The Morgan fingerprint density at radius 2 is 2.19 bits per heavy atom. The summed E-state index contributed by atoms with van der Waals surface area (Å²) in [5.41, 5.74) is 0.809. The summed E-state index contributed by atoms with van der Waals surface area (Å²) in [6.45, 7) is 6.64. The van der Waals surface area contributed by atoms with Crippen LogP contribution in [0.25, 0.3) is 0 Å². The smallest absolute Gasteiger partial charge is 0.224 e. The first-order valence-corrected chi connectivity index (χ1v) is 7.99. The maximum atomic E-state index is 13.4.